The minimum atomic E-state index is -2.99. The highest BCUT2D eigenvalue weighted by Crippen LogP contribution is 2.35. The van der Waals surface area contributed by atoms with Crippen LogP contribution in [0.4, 0.5) is 13.6 Å². The molecule has 0 spiro atoms. The average Bonchev–Trinajstić information content (AvgIpc) is 2.72. The third kappa shape index (κ3) is 2.79. The van der Waals surface area contributed by atoms with Crippen molar-refractivity contribution in [1.82, 2.24) is 4.90 Å². The Morgan fingerprint density at radius 1 is 1.48 bits per heavy atom. The molecule has 1 aliphatic rings. The lowest BCUT2D eigenvalue weighted by Gasteiger charge is -2.28. The van der Waals surface area contributed by atoms with Gasteiger partial charge in [-0.05, 0) is 13.0 Å². The molecule has 1 aliphatic heterocycles. The van der Waals surface area contributed by atoms with E-state index in [0.717, 1.165) is 0 Å². The van der Waals surface area contributed by atoms with Crippen LogP contribution in [0.25, 0.3) is 0 Å². The number of carbonyl (C=O) groups is 1. The summed E-state index contributed by atoms with van der Waals surface area (Å²) in [6.07, 6.45) is 5.33. The van der Waals surface area contributed by atoms with Gasteiger partial charge in [0.25, 0.3) is 0 Å². The Labute approximate surface area is 120 Å². The fraction of sp³-hybridized carbons (Fsp3) is 0.286. The first kappa shape index (κ1) is 14.8. The standard InChI is InChI=1S/C14H13F2N3O2/c1-3-8(2)19-11(12(17)18-14(19)20)9-6-4-5-7-10(9)21-13(15)16/h1,4-8,11,13H,2H3,(H2,17,18,20). The van der Waals surface area contributed by atoms with Gasteiger partial charge in [0.1, 0.15) is 17.6 Å². The predicted octanol–water partition coefficient (Wildman–Crippen LogP) is 2.14. The van der Waals surface area contributed by atoms with Gasteiger partial charge in [0.05, 0.1) is 6.04 Å². The van der Waals surface area contributed by atoms with E-state index in [1.54, 1.807) is 25.1 Å². The number of alkyl halides is 2. The lowest BCUT2D eigenvalue weighted by Crippen LogP contribution is -2.39. The summed E-state index contributed by atoms with van der Waals surface area (Å²) in [5.41, 5.74) is 6.07. The molecule has 0 aromatic heterocycles. The van der Waals surface area contributed by atoms with Crippen molar-refractivity contribution in [2.24, 2.45) is 10.7 Å². The molecule has 7 heteroatoms. The number of nitrogens with zero attached hydrogens (tertiary/aromatic N) is 2. The highest BCUT2D eigenvalue weighted by molar-refractivity contribution is 6.03. The van der Waals surface area contributed by atoms with Crippen molar-refractivity contribution in [2.75, 3.05) is 0 Å². The first-order chi connectivity index (χ1) is 9.95. The second-order valence-electron chi connectivity index (χ2n) is 4.39. The number of carbonyl (C=O) groups excluding carboxylic acids is 1. The zero-order valence-corrected chi connectivity index (χ0v) is 11.2. The number of halogens is 2. The van der Waals surface area contributed by atoms with E-state index in [1.807, 2.05) is 0 Å². The van der Waals surface area contributed by atoms with Crippen molar-refractivity contribution in [3.63, 3.8) is 0 Å². The van der Waals surface area contributed by atoms with Crippen LogP contribution in [0, 0.1) is 12.3 Å². The molecule has 2 atom stereocenters. The minimum Gasteiger partial charge on any atom is -0.434 e. The summed E-state index contributed by atoms with van der Waals surface area (Å²) in [5, 5.41) is 0. The van der Waals surface area contributed by atoms with Crippen LogP contribution in [-0.4, -0.2) is 29.4 Å². The van der Waals surface area contributed by atoms with Crippen LogP contribution >= 0.6 is 0 Å². The minimum absolute atomic E-state index is 0.00702. The SMILES string of the molecule is C#CC(C)N1C(=O)N=C(N)C1c1ccccc1OC(F)F. The number of amides is 2. The van der Waals surface area contributed by atoms with E-state index in [0.29, 0.717) is 5.56 Å². The number of benzene rings is 1. The number of nitrogens with two attached hydrogens (primary N) is 1. The predicted molar refractivity (Wildman–Crippen MR) is 73.0 cm³/mol. The zero-order chi connectivity index (χ0) is 15.6. The largest absolute Gasteiger partial charge is 0.434 e. The van der Waals surface area contributed by atoms with Crippen molar-refractivity contribution in [2.45, 2.75) is 25.6 Å². The molecule has 0 bridgehead atoms. The van der Waals surface area contributed by atoms with Crippen LogP contribution < -0.4 is 10.5 Å². The summed E-state index contributed by atoms with van der Waals surface area (Å²) < 4.78 is 29.4. The number of para-hydroxylation sites is 1. The summed E-state index contributed by atoms with van der Waals surface area (Å²) in [4.78, 5) is 16.8. The second kappa shape index (κ2) is 5.79. The quantitative estimate of drug-likeness (QED) is 0.865. The smallest absolute Gasteiger partial charge is 0.387 e. The van der Waals surface area contributed by atoms with E-state index in [2.05, 4.69) is 15.6 Å². The summed E-state index contributed by atoms with van der Waals surface area (Å²) in [6.45, 7) is -1.37. The van der Waals surface area contributed by atoms with Crippen LogP contribution in [0.3, 0.4) is 0 Å². The van der Waals surface area contributed by atoms with Crippen molar-refractivity contribution in [1.29, 1.82) is 0 Å². The number of hydrogen-bond acceptors (Lipinski definition) is 3. The van der Waals surface area contributed by atoms with Crippen molar-refractivity contribution < 1.29 is 18.3 Å². The molecule has 1 aromatic carbocycles. The number of aliphatic imine (C=N–C) groups is 1. The maximum Gasteiger partial charge on any atom is 0.387 e. The second-order valence-corrected chi connectivity index (χ2v) is 4.39. The number of ether oxygens (including phenoxy) is 1. The third-order valence-corrected chi connectivity index (χ3v) is 3.09. The molecule has 5 nitrogen and oxygen atoms in total. The molecule has 2 amide bonds. The fourth-order valence-electron chi connectivity index (χ4n) is 2.17. The van der Waals surface area contributed by atoms with Gasteiger partial charge in [-0.3, -0.25) is 4.90 Å². The van der Waals surface area contributed by atoms with E-state index in [-0.39, 0.29) is 11.6 Å². The van der Waals surface area contributed by atoms with E-state index in [9.17, 15) is 13.6 Å². The summed E-state index contributed by atoms with van der Waals surface area (Å²) in [5.74, 6) is 2.33. The van der Waals surface area contributed by atoms with Crippen LogP contribution in [0.2, 0.25) is 0 Å². The van der Waals surface area contributed by atoms with E-state index in [1.165, 1.54) is 11.0 Å². The summed E-state index contributed by atoms with van der Waals surface area (Å²) >= 11 is 0. The van der Waals surface area contributed by atoms with Gasteiger partial charge in [-0.25, -0.2) is 4.79 Å². The fourth-order valence-corrected chi connectivity index (χ4v) is 2.17. The molecule has 2 N–H and O–H groups in total. The number of urea groups is 1. The topological polar surface area (TPSA) is 67.9 Å². The van der Waals surface area contributed by atoms with E-state index < -0.39 is 24.7 Å². The lowest BCUT2D eigenvalue weighted by molar-refractivity contribution is -0.0507. The number of hydrogen-bond donors (Lipinski definition) is 1. The molecular formula is C14H13F2N3O2. The molecule has 21 heavy (non-hydrogen) atoms. The van der Waals surface area contributed by atoms with Crippen LogP contribution in [0.1, 0.15) is 18.5 Å². The first-order valence-corrected chi connectivity index (χ1v) is 6.12. The van der Waals surface area contributed by atoms with Crippen molar-refractivity contribution in [3.05, 3.63) is 29.8 Å². The highest BCUT2D eigenvalue weighted by Gasteiger charge is 2.38. The van der Waals surface area contributed by atoms with Gasteiger partial charge in [-0.1, -0.05) is 24.1 Å². The molecular weight excluding hydrogens is 280 g/mol. The molecule has 0 radical (unpaired) electrons. The Kier molecular flexibility index (Phi) is 4.08. The Bertz CT molecular complexity index is 625. The Morgan fingerprint density at radius 2 is 2.14 bits per heavy atom. The van der Waals surface area contributed by atoms with Crippen LogP contribution in [-0.2, 0) is 0 Å². The molecule has 1 heterocycles. The molecule has 110 valence electrons. The Hall–Kier alpha value is -2.62. The van der Waals surface area contributed by atoms with Gasteiger partial charge in [-0.15, -0.1) is 6.42 Å². The lowest BCUT2D eigenvalue weighted by atomic mass is 10.0. The highest BCUT2D eigenvalue weighted by atomic mass is 19.3. The summed E-state index contributed by atoms with van der Waals surface area (Å²) in [6, 6.07) is 4.07. The molecule has 0 fully saturated rings. The van der Waals surface area contributed by atoms with Gasteiger partial charge >= 0.3 is 12.6 Å². The van der Waals surface area contributed by atoms with Gasteiger partial charge in [0.2, 0.25) is 0 Å². The summed E-state index contributed by atoms with van der Waals surface area (Å²) in [7, 11) is 0. The Balaban J connectivity index is 2.46. The molecule has 0 aliphatic carbocycles. The molecule has 1 aromatic rings. The van der Waals surface area contributed by atoms with Gasteiger partial charge in [0.15, 0.2) is 0 Å². The maximum absolute atomic E-state index is 12.5. The maximum atomic E-state index is 12.5. The van der Waals surface area contributed by atoms with Crippen LogP contribution in [0.15, 0.2) is 29.3 Å². The van der Waals surface area contributed by atoms with E-state index in [4.69, 9.17) is 12.2 Å². The molecule has 2 rings (SSSR count). The van der Waals surface area contributed by atoms with Gasteiger partial charge in [-0.2, -0.15) is 13.8 Å². The van der Waals surface area contributed by atoms with Gasteiger partial charge in [0, 0.05) is 5.56 Å². The van der Waals surface area contributed by atoms with Crippen LogP contribution in [0.5, 0.6) is 5.75 Å². The normalized spacial score (nSPS) is 19.4. The first-order valence-electron chi connectivity index (χ1n) is 6.12. The monoisotopic (exact) mass is 293 g/mol. The van der Waals surface area contributed by atoms with E-state index >= 15 is 0 Å². The Morgan fingerprint density at radius 3 is 2.76 bits per heavy atom. The zero-order valence-electron chi connectivity index (χ0n) is 11.2. The molecule has 0 saturated heterocycles. The van der Waals surface area contributed by atoms with Crippen molar-refractivity contribution >= 4 is 11.9 Å². The van der Waals surface area contributed by atoms with Crippen molar-refractivity contribution in [3.8, 4) is 18.1 Å². The third-order valence-electron chi connectivity index (χ3n) is 3.09. The number of terminal acetylenes is 1. The number of rotatable bonds is 4. The number of amidine groups is 1. The molecule has 2 unspecified atom stereocenters. The average molecular weight is 293 g/mol. The molecule has 0 saturated carbocycles. The van der Waals surface area contributed by atoms with Gasteiger partial charge < -0.3 is 10.5 Å².